The minimum Gasteiger partial charge on any atom is -0.380 e. The molecule has 0 aromatic heterocycles. The van der Waals surface area contributed by atoms with Gasteiger partial charge in [-0.05, 0) is 31.4 Å². The van der Waals surface area contributed by atoms with Gasteiger partial charge in [-0.2, -0.15) is 0 Å². The highest BCUT2D eigenvalue weighted by molar-refractivity contribution is 5.47. The Kier molecular flexibility index (Phi) is 2.89. The van der Waals surface area contributed by atoms with Gasteiger partial charge in [-0.25, -0.2) is 8.78 Å². The Labute approximate surface area is 88.5 Å². The van der Waals surface area contributed by atoms with Crippen LogP contribution in [0.25, 0.3) is 0 Å². The zero-order valence-corrected chi connectivity index (χ0v) is 8.82. The molecule has 0 amide bonds. The lowest BCUT2D eigenvalue weighted by Gasteiger charge is -2.14. The summed E-state index contributed by atoms with van der Waals surface area (Å²) in [5.74, 6) is -0.710. The van der Waals surface area contributed by atoms with Gasteiger partial charge in [-0.15, -0.1) is 0 Å². The third-order valence-corrected chi connectivity index (χ3v) is 2.96. The molecule has 2 rings (SSSR count). The second-order valence-corrected chi connectivity index (χ2v) is 4.21. The molecule has 3 heteroatoms. The van der Waals surface area contributed by atoms with E-state index in [1.807, 2.05) is 0 Å². The minimum atomic E-state index is -0.360. The van der Waals surface area contributed by atoms with Gasteiger partial charge in [0.25, 0.3) is 0 Å². The molecule has 0 saturated heterocycles. The van der Waals surface area contributed by atoms with Gasteiger partial charge in [-0.1, -0.05) is 12.8 Å². The number of hydrogen-bond donors (Lipinski definition) is 1. The summed E-state index contributed by atoms with van der Waals surface area (Å²) in [5, 5.41) is 3.06. The number of benzene rings is 1. The van der Waals surface area contributed by atoms with Gasteiger partial charge < -0.3 is 5.32 Å². The zero-order valence-electron chi connectivity index (χ0n) is 8.82. The van der Waals surface area contributed by atoms with Crippen molar-refractivity contribution in [1.82, 2.24) is 0 Å². The Bertz CT molecular complexity index is 357. The average Bonchev–Trinajstić information content (AvgIpc) is 2.67. The van der Waals surface area contributed by atoms with Crippen LogP contribution in [0.4, 0.5) is 14.5 Å². The molecule has 1 fully saturated rings. The van der Waals surface area contributed by atoms with Gasteiger partial charge in [0.15, 0.2) is 0 Å². The molecule has 0 atom stereocenters. The van der Waals surface area contributed by atoms with Crippen LogP contribution in [0.2, 0.25) is 0 Å². The van der Waals surface area contributed by atoms with Crippen LogP contribution in [0.3, 0.4) is 0 Å². The molecule has 15 heavy (non-hydrogen) atoms. The van der Waals surface area contributed by atoms with Crippen molar-refractivity contribution in [3.63, 3.8) is 0 Å². The number of halogens is 2. The fourth-order valence-corrected chi connectivity index (χ4v) is 2.05. The largest absolute Gasteiger partial charge is 0.380 e. The molecule has 0 spiro atoms. The number of anilines is 1. The van der Waals surface area contributed by atoms with Crippen LogP contribution in [0.1, 0.15) is 31.2 Å². The summed E-state index contributed by atoms with van der Waals surface area (Å²) in [6.07, 6.45) is 4.45. The quantitative estimate of drug-likeness (QED) is 0.787. The first-order valence-electron chi connectivity index (χ1n) is 5.39. The molecular weight excluding hydrogens is 196 g/mol. The summed E-state index contributed by atoms with van der Waals surface area (Å²) in [5.41, 5.74) is 0.648. The van der Waals surface area contributed by atoms with Crippen LogP contribution in [-0.2, 0) is 0 Å². The van der Waals surface area contributed by atoms with E-state index in [4.69, 9.17) is 0 Å². The van der Waals surface area contributed by atoms with Gasteiger partial charge in [0.1, 0.15) is 11.6 Å². The van der Waals surface area contributed by atoms with Crippen LogP contribution < -0.4 is 5.32 Å². The molecule has 1 aromatic rings. The topological polar surface area (TPSA) is 12.0 Å². The van der Waals surface area contributed by atoms with E-state index < -0.39 is 0 Å². The van der Waals surface area contributed by atoms with Crippen molar-refractivity contribution in [2.75, 3.05) is 5.32 Å². The average molecular weight is 211 g/mol. The molecule has 0 aliphatic heterocycles. The standard InChI is InChI=1S/C12H15F2N/c1-8-6-11(14)12(7-10(8)13)15-9-4-2-3-5-9/h6-7,9,15H,2-5H2,1H3. The summed E-state index contributed by atoms with van der Waals surface area (Å²) in [6.45, 7) is 1.57. The highest BCUT2D eigenvalue weighted by Crippen LogP contribution is 2.25. The van der Waals surface area contributed by atoms with E-state index in [1.54, 1.807) is 6.92 Å². The zero-order chi connectivity index (χ0) is 10.8. The Morgan fingerprint density at radius 1 is 1.13 bits per heavy atom. The van der Waals surface area contributed by atoms with Crippen molar-refractivity contribution in [3.05, 3.63) is 29.3 Å². The van der Waals surface area contributed by atoms with E-state index in [0.717, 1.165) is 12.8 Å². The van der Waals surface area contributed by atoms with Crippen LogP contribution in [0, 0.1) is 18.6 Å². The van der Waals surface area contributed by atoms with Crippen molar-refractivity contribution in [2.24, 2.45) is 0 Å². The molecule has 1 N–H and O–H groups in total. The predicted molar refractivity (Wildman–Crippen MR) is 57.0 cm³/mol. The number of aryl methyl sites for hydroxylation is 1. The van der Waals surface area contributed by atoms with Crippen molar-refractivity contribution in [2.45, 2.75) is 38.6 Å². The lowest BCUT2D eigenvalue weighted by Crippen LogP contribution is -2.15. The smallest absolute Gasteiger partial charge is 0.146 e. The van der Waals surface area contributed by atoms with Gasteiger partial charge in [0, 0.05) is 12.1 Å². The van der Waals surface area contributed by atoms with Crippen LogP contribution in [0.5, 0.6) is 0 Å². The number of rotatable bonds is 2. The van der Waals surface area contributed by atoms with Gasteiger partial charge in [0.05, 0.1) is 5.69 Å². The fraction of sp³-hybridized carbons (Fsp3) is 0.500. The monoisotopic (exact) mass is 211 g/mol. The second-order valence-electron chi connectivity index (χ2n) is 4.21. The Morgan fingerprint density at radius 2 is 1.80 bits per heavy atom. The summed E-state index contributed by atoms with van der Waals surface area (Å²) in [7, 11) is 0. The molecule has 1 aliphatic rings. The normalized spacial score (nSPS) is 17.0. The molecule has 0 bridgehead atoms. The molecule has 0 radical (unpaired) electrons. The number of hydrogen-bond acceptors (Lipinski definition) is 1. The van der Waals surface area contributed by atoms with Crippen LogP contribution in [0.15, 0.2) is 12.1 Å². The van der Waals surface area contributed by atoms with E-state index in [1.165, 1.54) is 25.0 Å². The molecule has 0 unspecified atom stereocenters. The van der Waals surface area contributed by atoms with Crippen molar-refractivity contribution in [1.29, 1.82) is 0 Å². The van der Waals surface area contributed by atoms with Crippen LogP contribution >= 0.6 is 0 Å². The second kappa shape index (κ2) is 4.17. The molecule has 1 saturated carbocycles. The summed E-state index contributed by atoms with van der Waals surface area (Å²) in [4.78, 5) is 0. The first-order chi connectivity index (χ1) is 7.16. The van der Waals surface area contributed by atoms with E-state index in [2.05, 4.69) is 5.32 Å². The maximum absolute atomic E-state index is 13.5. The van der Waals surface area contributed by atoms with Crippen molar-refractivity contribution < 1.29 is 8.78 Å². The first-order valence-corrected chi connectivity index (χ1v) is 5.39. The van der Waals surface area contributed by atoms with Gasteiger partial charge in [0.2, 0.25) is 0 Å². The molecule has 1 nitrogen and oxygen atoms in total. The predicted octanol–water partition coefficient (Wildman–Crippen LogP) is 3.63. The first kappa shape index (κ1) is 10.4. The Balaban J connectivity index is 2.16. The van der Waals surface area contributed by atoms with E-state index in [-0.39, 0.29) is 11.6 Å². The van der Waals surface area contributed by atoms with E-state index >= 15 is 0 Å². The summed E-state index contributed by atoms with van der Waals surface area (Å²) in [6, 6.07) is 2.80. The summed E-state index contributed by atoms with van der Waals surface area (Å²) >= 11 is 0. The highest BCUT2D eigenvalue weighted by atomic mass is 19.1. The molecule has 0 heterocycles. The van der Waals surface area contributed by atoms with Crippen molar-refractivity contribution >= 4 is 5.69 Å². The number of nitrogens with one attached hydrogen (secondary N) is 1. The maximum atomic E-state index is 13.5. The fourth-order valence-electron chi connectivity index (χ4n) is 2.05. The molecule has 82 valence electrons. The lowest BCUT2D eigenvalue weighted by atomic mass is 10.1. The van der Waals surface area contributed by atoms with Gasteiger partial charge in [-0.3, -0.25) is 0 Å². The van der Waals surface area contributed by atoms with Crippen molar-refractivity contribution in [3.8, 4) is 0 Å². The highest BCUT2D eigenvalue weighted by Gasteiger charge is 2.16. The third kappa shape index (κ3) is 2.28. The summed E-state index contributed by atoms with van der Waals surface area (Å²) < 4.78 is 26.7. The third-order valence-electron chi connectivity index (χ3n) is 2.96. The van der Waals surface area contributed by atoms with E-state index in [0.29, 0.717) is 17.3 Å². The molecule has 1 aliphatic carbocycles. The van der Waals surface area contributed by atoms with Crippen LogP contribution in [-0.4, -0.2) is 6.04 Å². The molecular formula is C12H15F2N. The van der Waals surface area contributed by atoms with E-state index in [9.17, 15) is 8.78 Å². The van der Waals surface area contributed by atoms with Gasteiger partial charge >= 0.3 is 0 Å². The SMILES string of the molecule is Cc1cc(F)c(NC2CCCC2)cc1F. The maximum Gasteiger partial charge on any atom is 0.146 e. The molecule has 1 aromatic carbocycles. The Morgan fingerprint density at radius 3 is 2.47 bits per heavy atom. The lowest BCUT2D eigenvalue weighted by molar-refractivity contribution is 0.591. The minimum absolute atomic E-state index is 0.296. The Hall–Kier alpha value is -1.12.